The summed E-state index contributed by atoms with van der Waals surface area (Å²) in [7, 11) is 0. The van der Waals surface area contributed by atoms with Gasteiger partial charge < -0.3 is 16.4 Å². The molecule has 16 heavy (non-hydrogen) atoms. The maximum absolute atomic E-state index is 6.14. The van der Waals surface area contributed by atoms with Crippen molar-refractivity contribution in [3.63, 3.8) is 0 Å². The minimum absolute atomic E-state index is 0.101. The predicted molar refractivity (Wildman–Crippen MR) is 67.2 cm³/mol. The molecule has 1 aliphatic rings. The molecule has 4 heteroatoms. The van der Waals surface area contributed by atoms with Crippen LogP contribution in [0.2, 0.25) is 0 Å². The van der Waals surface area contributed by atoms with Crippen LogP contribution in [0.25, 0.3) is 0 Å². The summed E-state index contributed by atoms with van der Waals surface area (Å²) < 4.78 is 0. The molecule has 0 aliphatic carbocycles. The molecule has 1 aromatic rings. The Morgan fingerprint density at radius 1 is 1.44 bits per heavy atom. The third kappa shape index (κ3) is 2.27. The molecule has 0 amide bonds. The Bertz CT molecular complexity index is 352. The number of anilines is 2. The average molecular weight is 220 g/mol. The van der Waals surface area contributed by atoms with Crippen molar-refractivity contribution in [2.24, 2.45) is 11.7 Å². The number of rotatable bonds is 2. The van der Waals surface area contributed by atoms with Gasteiger partial charge in [-0.2, -0.15) is 0 Å². The van der Waals surface area contributed by atoms with Gasteiger partial charge in [0.15, 0.2) is 0 Å². The molecule has 2 rings (SSSR count). The molecule has 1 fully saturated rings. The van der Waals surface area contributed by atoms with E-state index >= 15 is 0 Å². The molecule has 2 heterocycles. The van der Waals surface area contributed by atoms with Crippen molar-refractivity contribution in [3.8, 4) is 0 Å². The van der Waals surface area contributed by atoms with Crippen LogP contribution in [0.4, 0.5) is 11.5 Å². The lowest BCUT2D eigenvalue weighted by atomic mass is 9.88. The molecule has 1 aliphatic heterocycles. The first-order chi connectivity index (χ1) is 7.47. The monoisotopic (exact) mass is 220 g/mol. The number of nitrogens with two attached hydrogens (primary N) is 2. The minimum atomic E-state index is -0.101. The Labute approximate surface area is 96.6 Å². The number of hydrogen-bond donors (Lipinski definition) is 2. The number of nitrogens with zero attached hydrogens (tertiary/aromatic N) is 2. The largest absolute Gasteiger partial charge is 0.384 e. The summed E-state index contributed by atoms with van der Waals surface area (Å²) in [4.78, 5) is 6.44. The molecule has 0 aromatic carbocycles. The Morgan fingerprint density at radius 3 is 2.69 bits per heavy atom. The average Bonchev–Trinajstić information content (AvgIpc) is 2.67. The molecule has 4 N–H and O–H groups in total. The van der Waals surface area contributed by atoms with Crippen LogP contribution in [-0.4, -0.2) is 23.6 Å². The second-order valence-corrected chi connectivity index (χ2v) is 5.19. The van der Waals surface area contributed by atoms with Gasteiger partial charge in [-0.05, 0) is 38.3 Å². The van der Waals surface area contributed by atoms with Gasteiger partial charge in [0.2, 0.25) is 0 Å². The van der Waals surface area contributed by atoms with Crippen LogP contribution in [0.3, 0.4) is 0 Å². The van der Waals surface area contributed by atoms with E-state index in [0.29, 0.717) is 11.7 Å². The number of nitrogen functional groups attached to an aromatic ring is 1. The minimum Gasteiger partial charge on any atom is -0.384 e. The summed E-state index contributed by atoms with van der Waals surface area (Å²) in [5, 5.41) is 0. The van der Waals surface area contributed by atoms with Crippen LogP contribution in [0, 0.1) is 5.92 Å². The standard InChI is InChI=1S/C12H20N4/c1-12(2,14)9-5-6-16(8-9)10-3-4-11(13)15-7-10/h3-4,7,9H,5-6,8,14H2,1-2H3,(H2,13,15). The first kappa shape index (κ1) is 11.2. The van der Waals surface area contributed by atoms with E-state index in [1.807, 2.05) is 18.3 Å². The van der Waals surface area contributed by atoms with Crippen LogP contribution in [0.1, 0.15) is 20.3 Å². The molecular weight excluding hydrogens is 200 g/mol. The number of pyridine rings is 1. The summed E-state index contributed by atoms with van der Waals surface area (Å²) in [5.41, 5.74) is 12.8. The van der Waals surface area contributed by atoms with E-state index in [4.69, 9.17) is 11.5 Å². The van der Waals surface area contributed by atoms with Gasteiger partial charge in [0.1, 0.15) is 5.82 Å². The number of aromatic nitrogens is 1. The smallest absolute Gasteiger partial charge is 0.123 e. The van der Waals surface area contributed by atoms with E-state index in [2.05, 4.69) is 23.7 Å². The molecule has 0 bridgehead atoms. The molecule has 0 spiro atoms. The van der Waals surface area contributed by atoms with Crippen molar-refractivity contribution in [2.75, 3.05) is 23.7 Å². The van der Waals surface area contributed by atoms with Gasteiger partial charge in [-0.3, -0.25) is 0 Å². The lowest BCUT2D eigenvalue weighted by molar-refractivity contribution is 0.348. The molecule has 0 saturated carbocycles. The zero-order valence-corrected chi connectivity index (χ0v) is 9.98. The van der Waals surface area contributed by atoms with Gasteiger partial charge >= 0.3 is 0 Å². The third-order valence-electron chi connectivity index (χ3n) is 3.38. The highest BCUT2D eigenvalue weighted by molar-refractivity contribution is 5.48. The predicted octanol–water partition coefficient (Wildman–Crippen LogP) is 1.23. The summed E-state index contributed by atoms with van der Waals surface area (Å²) in [6, 6.07) is 3.87. The fourth-order valence-electron chi connectivity index (χ4n) is 2.19. The first-order valence-corrected chi connectivity index (χ1v) is 5.72. The second kappa shape index (κ2) is 3.94. The number of hydrogen-bond acceptors (Lipinski definition) is 4. The summed E-state index contributed by atoms with van der Waals surface area (Å²) >= 11 is 0. The van der Waals surface area contributed by atoms with E-state index in [1.165, 1.54) is 0 Å². The molecule has 1 saturated heterocycles. The SMILES string of the molecule is CC(C)(N)C1CCN(c2ccc(N)nc2)C1. The summed E-state index contributed by atoms with van der Waals surface area (Å²) in [6.45, 7) is 6.26. The lowest BCUT2D eigenvalue weighted by Gasteiger charge is -2.27. The zero-order valence-electron chi connectivity index (χ0n) is 9.98. The van der Waals surface area contributed by atoms with Gasteiger partial charge in [-0.15, -0.1) is 0 Å². The topological polar surface area (TPSA) is 68.2 Å². The highest BCUT2D eigenvalue weighted by Crippen LogP contribution is 2.29. The highest BCUT2D eigenvalue weighted by Gasteiger charge is 2.32. The maximum Gasteiger partial charge on any atom is 0.123 e. The summed E-state index contributed by atoms with van der Waals surface area (Å²) in [6.07, 6.45) is 2.98. The van der Waals surface area contributed by atoms with Crippen LogP contribution in [-0.2, 0) is 0 Å². The Hall–Kier alpha value is -1.29. The fourth-order valence-corrected chi connectivity index (χ4v) is 2.19. The van der Waals surface area contributed by atoms with Gasteiger partial charge in [0.05, 0.1) is 11.9 Å². The van der Waals surface area contributed by atoms with Gasteiger partial charge in [-0.1, -0.05) is 0 Å². The van der Waals surface area contributed by atoms with Crippen molar-refractivity contribution in [1.82, 2.24) is 4.98 Å². The van der Waals surface area contributed by atoms with Crippen molar-refractivity contribution in [2.45, 2.75) is 25.8 Å². The van der Waals surface area contributed by atoms with Gasteiger partial charge in [0, 0.05) is 18.6 Å². The zero-order chi connectivity index (χ0) is 11.8. The van der Waals surface area contributed by atoms with Crippen LogP contribution < -0.4 is 16.4 Å². The molecule has 88 valence electrons. The lowest BCUT2D eigenvalue weighted by Crippen LogP contribution is -2.42. The first-order valence-electron chi connectivity index (χ1n) is 5.72. The maximum atomic E-state index is 6.14. The van der Waals surface area contributed by atoms with Crippen molar-refractivity contribution >= 4 is 11.5 Å². The van der Waals surface area contributed by atoms with Gasteiger partial charge in [-0.25, -0.2) is 4.98 Å². The summed E-state index contributed by atoms with van der Waals surface area (Å²) in [5.74, 6) is 1.11. The Morgan fingerprint density at radius 2 is 2.19 bits per heavy atom. The van der Waals surface area contributed by atoms with E-state index in [0.717, 1.165) is 25.2 Å². The highest BCUT2D eigenvalue weighted by atomic mass is 15.2. The van der Waals surface area contributed by atoms with Crippen LogP contribution >= 0.6 is 0 Å². The molecule has 0 radical (unpaired) electrons. The normalized spacial score (nSPS) is 21.4. The van der Waals surface area contributed by atoms with E-state index in [-0.39, 0.29) is 5.54 Å². The van der Waals surface area contributed by atoms with Crippen LogP contribution in [0.5, 0.6) is 0 Å². The second-order valence-electron chi connectivity index (χ2n) is 5.19. The van der Waals surface area contributed by atoms with E-state index < -0.39 is 0 Å². The molecule has 4 nitrogen and oxygen atoms in total. The van der Waals surface area contributed by atoms with Crippen LogP contribution in [0.15, 0.2) is 18.3 Å². The molecule has 1 atom stereocenters. The third-order valence-corrected chi connectivity index (χ3v) is 3.38. The quantitative estimate of drug-likeness (QED) is 0.786. The molecular formula is C12H20N4. The van der Waals surface area contributed by atoms with E-state index in [9.17, 15) is 0 Å². The van der Waals surface area contributed by atoms with Crippen molar-refractivity contribution in [1.29, 1.82) is 0 Å². The Balaban J connectivity index is 2.06. The van der Waals surface area contributed by atoms with Crippen molar-refractivity contribution in [3.05, 3.63) is 18.3 Å². The van der Waals surface area contributed by atoms with Crippen molar-refractivity contribution < 1.29 is 0 Å². The van der Waals surface area contributed by atoms with Gasteiger partial charge in [0.25, 0.3) is 0 Å². The van der Waals surface area contributed by atoms with E-state index in [1.54, 1.807) is 0 Å². The molecule has 1 unspecified atom stereocenters. The Kier molecular flexibility index (Phi) is 2.76. The molecule has 1 aromatic heterocycles. The fraction of sp³-hybridized carbons (Fsp3) is 0.583.